The maximum atomic E-state index is 13.0. The molecule has 23 heavy (non-hydrogen) atoms. The average molecular weight is 379 g/mol. The van der Waals surface area contributed by atoms with Crippen LogP contribution in [0.1, 0.15) is 5.56 Å². The Balaban J connectivity index is 2.50. The van der Waals surface area contributed by atoms with Crippen molar-refractivity contribution < 1.29 is 17.7 Å². The molecule has 0 fully saturated rings. The van der Waals surface area contributed by atoms with Gasteiger partial charge >= 0.3 is 0 Å². The molecular formula is C13H9Cl2FN2O4S. The first-order valence-corrected chi connectivity index (χ1v) is 8.28. The van der Waals surface area contributed by atoms with Crippen LogP contribution in [0.3, 0.4) is 0 Å². The highest BCUT2D eigenvalue weighted by molar-refractivity contribution is 7.92. The van der Waals surface area contributed by atoms with Crippen LogP contribution in [0, 0.1) is 22.9 Å². The van der Waals surface area contributed by atoms with Gasteiger partial charge in [-0.25, -0.2) is 12.8 Å². The van der Waals surface area contributed by atoms with Crippen molar-refractivity contribution in [1.29, 1.82) is 0 Å². The zero-order chi connectivity index (χ0) is 17.4. The number of anilines is 1. The Morgan fingerprint density at radius 1 is 1.17 bits per heavy atom. The van der Waals surface area contributed by atoms with Gasteiger partial charge in [0.1, 0.15) is 5.82 Å². The number of hydrogen-bond acceptors (Lipinski definition) is 4. The minimum Gasteiger partial charge on any atom is -0.278 e. The third kappa shape index (κ3) is 3.72. The van der Waals surface area contributed by atoms with Crippen molar-refractivity contribution in [3.05, 3.63) is 61.9 Å². The van der Waals surface area contributed by atoms with E-state index in [2.05, 4.69) is 4.72 Å². The molecule has 6 nitrogen and oxygen atoms in total. The summed E-state index contributed by atoms with van der Waals surface area (Å²) < 4.78 is 39.8. The summed E-state index contributed by atoms with van der Waals surface area (Å²) in [5.41, 5.74) is -0.342. The molecule has 2 aromatic carbocycles. The van der Waals surface area contributed by atoms with Gasteiger partial charge < -0.3 is 0 Å². The van der Waals surface area contributed by atoms with E-state index in [-0.39, 0.29) is 21.3 Å². The van der Waals surface area contributed by atoms with Crippen molar-refractivity contribution in [2.45, 2.75) is 11.8 Å². The molecule has 0 aliphatic rings. The first kappa shape index (κ1) is 17.5. The predicted molar refractivity (Wildman–Crippen MR) is 85.1 cm³/mol. The highest BCUT2D eigenvalue weighted by atomic mass is 35.5. The molecule has 0 saturated carbocycles. The lowest BCUT2D eigenvalue weighted by Crippen LogP contribution is -2.14. The molecular weight excluding hydrogens is 370 g/mol. The molecule has 0 heterocycles. The van der Waals surface area contributed by atoms with E-state index in [0.717, 1.165) is 30.3 Å². The molecule has 2 aromatic rings. The Morgan fingerprint density at radius 3 is 2.39 bits per heavy atom. The smallest absolute Gasteiger partial charge is 0.275 e. The monoisotopic (exact) mass is 378 g/mol. The lowest BCUT2D eigenvalue weighted by molar-refractivity contribution is -0.385. The molecule has 0 aliphatic heterocycles. The molecule has 0 unspecified atom stereocenters. The molecule has 0 radical (unpaired) electrons. The van der Waals surface area contributed by atoms with Gasteiger partial charge in [0.25, 0.3) is 15.7 Å². The topological polar surface area (TPSA) is 89.3 Å². The molecule has 0 aromatic heterocycles. The van der Waals surface area contributed by atoms with E-state index in [4.69, 9.17) is 23.2 Å². The van der Waals surface area contributed by atoms with E-state index in [0.29, 0.717) is 0 Å². The maximum Gasteiger partial charge on any atom is 0.275 e. The zero-order valence-electron chi connectivity index (χ0n) is 11.5. The molecule has 10 heteroatoms. The summed E-state index contributed by atoms with van der Waals surface area (Å²) in [6.07, 6.45) is 0. The van der Waals surface area contributed by atoms with Crippen LogP contribution in [-0.2, 0) is 10.0 Å². The molecule has 122 valence electrons. The highest BCUT2D eigenvalue weighted by Crippen LogP contribution is 2.31. The van der Waals surface area contributed by atoms with Crippen LogP contribution < -0.4 is 4.72 Å². The fraction of sp³-hybridized carbons (Fsp3) is 0.0769. The molecule has 0 spiro atoms. The minimum absolute atomic E-state index is 0.0626. The minimum atomic E-state index is -4.19. The predicted octanol–water partition coefficient (Wildman–Crippen LogP) is 4.15. The number of halogens is 3. The van der Waals surface area contributed by atoms with E-state index in [1.165, 1.54) is 6.92 Å². The van der Waals surface area contributed by atoms with Crippen molar-refractivity contribution >= 4 is 44.6 Å². The van der Waals surface area contributed by atoms with Crippen LogP contribution in [0.4, 0.5) is 15.8 Å². The van der Waals surface area contributed by atoms with E-state index < -0.39 is 31.3 Å². The molecule has 2 rings (SSSR count). The van der Waals surface area contributed by atoms with Crippen LogP contribution >= 0.6 is 23.2 Å². The number of sulfonamides is 1. The molecule has 0 amide bonds. The first-order chi connectivity index (χ1) is 10.6. The van der Waals surface area contributed by atoms with Gasteiger partial charge in [-0.3, -0.25) is 14.8 Å². The summed E-state index contributed by atoms with van der Waals surface area (Å²) in [6.45, 7) is 1.40. The van der Waals surface area contributed by atoms with Crippen LogP contribution in [0.25, 0.3) is 0 Å². The zero-order valence-corrected chi connectivity index (χ0v) is 13.8. The van der Waals surface area contributed by atoms with E-state index >= 15 is 0 Å². The first-order valence-electron chi connectivity index (χ1n) is 6.04. The number of benzene rings is 2. The van der Waals surface area contributed by atoms with Gasteiger partial charge in [-0.1, -0.05) is 23.2 Å². The lowest BCUT2D eigenvalue weighted by Gasteiger charge is -2.11. The summed E-state index contributed by atoms with van der Waals surface area (Å²) in [6, 6.07) is 5.07. The summed E-state index contributed by atoms with van der Waals surface area (Å²) in [7, 11) is -4.19. The normalized spacial score (nSPS) is 11.3. The third-order valence-corrected chi connectivity index (χ3v) is 5.02. The molecule has 0 saturated heterocycles. The largest absolute Gasteiger partial charge is 0.278 e. The fourth-order valence-corrected chi connectivity index (χ4v) is 3.44. The quantitative estimate of drug-likeness (QED) is 0.638. The van der Waals surface area contributed by atoms with Crippen molar-refractivity contribution in [2.24, 2.45) is 0 Å². The van der Waals surface area contributed by atoms with Crippen molar-refractivity contribution in [1.82, 2.24) is 0 Å². The summed E-state index contributed by atoms with van der Waals surface area (Å²) in [4.78, 5) is 9.84. The van der Waals surface area contributed by atoms with Crippen LogP contribution in [-0.4, -0.2) is 13.3 Å². The average Bonchev–Trinajstić information content (AvgIpc) is 2.44. The van der Waals surface area contributed by atoms with Gasteiger partial charge in [0.2, 0.25) is 0 Å². The standard InChI is InChI=1S/C13H9Cl2FN2O4S/c1-7-10(14)5-9(6-13(7)18(19)20)23(21,22)17-12-3-2-8(16)4-11(12)15/h2-6,17H,1H3. The SMILES string of the molecule is Cc1c(Cl)cc(S(=O)(=O)Nc2ccc(F)cc2Cl)cc1[N+](=O)[O-]. The highest BCUT2D eigenvalue weighted by Gasteiger charge is 2.23. The molecule has 1 N–H and O–H groups in total. The second-order valence-corrected chi connectivity index (χ2v) is 7.03. The molecule has 0 aliphatic carbocycles. The number of nitro groups is 1. The van der Waals surface area contributed by atoms with E-state index in [9.17, 15) is 22.9 Å². The van der Waals surface area contributed by atoms with Gasteiger partial charge in [0.05, 0.1) is 25.6 Å². The maximum absolute atomic E-state index is 13.0. The van der Waals surface area contributed by atoms with Gasteiger partial charge in [-0.15, -0.1) is 0 Å². The Labute approximate surface area is 141 Å². The second kappa shape index (κ2) is 6.31. The second-order valence-electron chi connectivity index (χ2n) is 4.54. The van der Waals surface area contributed by atoms with E-state index in [1.807, 2.05) is 0 Å². The van der Waals surface area contributed by atoms with Gasteiger partial charge in [-0.2, -0.15) is 0 Å². The number of nitrogens with zero attached hydrogens (tertiary/aromatic N) is 1. The van der Waals surface area contributed by atoms with Crippen molar-refractivity contribution in [3.8, 4) is 0 Å². The summed E-state index contributed by atoms with van der Waals surface area (Å²) >= 11 is 11.6. The summed E-state index contributed by atoms with van der Waals surface area (Å²) in [5, 5.41) is 10.8. The number of nitrogens with one attached hydrogen (secondary N) is 1. The fourth-order valence-electron chi connectivity index (χ4n) is 1.76. The number of hydrogen-bond donors (Lipinski definition) is 1. The number of rotatable bonds is 4. The van der Waals surface area contributed by atoms with Gasteiger partial charge in [0.15, 0.2) is 0 Å². The Kier molecular flexibility index (Phi) is 4.79. The van der Waals surface area contributed by atoms with Crippen LogP contribution in [0.5, 0.6) is 0 Å². The lowest BCUT2D eigenvalue weighted by atomic mass is 10.2. The van der Waals surface area contributed by atoms with Crippen molar-refractivity contribution in [2.75, 3.05) is 4.72 Å². The third-order valence-electron chi connectivity index (χ3n) is 2.97. The molecule has 0 bridgehead atoms. The van der Waals surface area contributed by atoms with Crippen LogP contribution in [0.15, 0.2) is 35.2 Å². The van der Waals surface area contributed by atoms with Crippen LogP contribution in [0.2, 0.25) is 10.0 Å². The Bertz CT molecular complexity index is 903. The van der Waals surface area contributed by atoms with Crippen molar-refractivity contribution in [3.63, 3.8) is 0 Å². The Morgan fingerprint density at radius 2 is 1.83 bits per heavy atom. The van der Waals surface area contributed by atoms with E-state index in [1.54, 1.807) is 0 Å². The number of nitro benzene ring substituents is 1. The Hall–Kier alpha value is -1.90. The molecule has 0 atom stereocenters. The van der Waals surface area contributed by atoms with Gasteiger partial charge in [0, 0.05) is 11.6 Å². The van der Waals surface area contributed by atoms with Gasteiger partial charge in [-0.05, 0) is 31.2 Å². The summed E-state index contributed by atoms with van der Waals surface area (Å²) in [5.74, 6) is -0.632.